The van der Waals surface area contributed by atoms with Crippen molar-refractivity contribution in [2.24, 2.45) is 5.92 Å². The van der Waals surface area contributed by atoms with Crippen molar-refractivity contribution in [3.05, 3.63) is 0 Å². The van der Waals surface area contributed by atoms with E-state index in [1.165, 1.54) is 11.9 Å². The van der Waals surface area contributed by atoms with Gasteiger partial charge < -0.3 is 5.11 Å². The highest BCUT2D eigenvalue weighted by Crippen LogP contribution is 2.30. The molecule has 1 rings (SSSR count). The molecule has 0 aromatic rings. The predicted octanol–water partition coefficient (Wildman–Crippen LogP) is 1.05. The van der Waals surface area contributed by atoms with Crippen LogP contribution in [-0.4, -0.2) is 42.0 Å². The molecule has 0 bridgehead atoms. The molecule has 1 N–H and O–H groups in total. The Labute approximate surface area is 75.3 Å². The van der Waals surface area contributed by atoms with Crippen LogP contribution in [0.2, 0.25) is 0 Å². The Kier molecular flexibility index (Phi) is 2.85. The minimum Gasteiger partial charge on any atom is -0.477 e. The molecular weight excluding hydrogens is 180 g/mol. The normalized spacial score (nSPS) is 17.8. The maximum atomic E-state index is 12.6. The maximum Gasteiger partial charge on any atom is 0.375 e. The summed E-state index contributed by atoms with van der Waals surface area (Å²) in [5.41, 5.74) is 0. The van der Waals surface area contributed by atoms with Gasteiger partial charge in [-0.2, -0.15) is 8.78 Å². The van der Waals surface area contributed by atoms with Gasteiger partial charge in [0.05, 0.1) is 6.54 Å². The molecule has 0 aromatic carbocycles. The maximum absolute atomic E-state index is 12.6. The zero-order valence-electron chi connectivity index (χ0n) is 7.46. The van der Waals surface area contributed by atoms with Crippen LogP contribution in [0.5, 0.6) is 0 Å². The van der Waals surface area contributed by atoms with E-state index in [-0.39, 0.29) is 0 Å². The second-order valence-corrected chi connectivity index (χ2v) is 3.65. The number of hydrogen-bond donors (Lipinski definition) is 1. The average Bonchev–Trinajstić information content (AvgIpc) is 2.69. The topological polar surface area (TPSA) is 40.5 Å². The van der Waals surface area contributed by atoms with Crippen LogP contribution in [-0.2, 0) is 4.79 Å². The zero-order valence-corrected chi connectivity index (χ0v) is 7.46. The van der Waals surface area contributed by atoms with E-state index in [2.05, 4.69) is 0 Å². The van der Waals surface area contributed by atoms with Crippen LogP contribution >= 0.6 is 0 Å². The Bertz CT molecular complexity index is 204. The molecule has 0 aromatic heterocycles. The SMILES string of the molecule is CN(CC1CC1)CC(F)(F)C(=O)O. The van der Waals surface area contributed by atoms with E-state index >= 15 is 0 Å². The van der Waals surface area contributed by atoms with Crippen LogP contribution in [0.15, 0.2) is 0 Å². The first-order chi connectivity index (χ1) is 5.92. The third-order valence-corrected chi connectivity index (χ3v) is 2.05. The van der Waals surface area contributed by atoms with E-state index in [1.807, 2.05) is 0 Å². The standard InChI is InChI=1S/C8H13F2NO2/c1-11(4-6-2-3-6)5-8(9,10)7(12)13/h6H,2-5H2,1H3,(H,12,13). The van der Waals surface area contributed by atoms with Gasteiger partial charge in [0.2, 0.25) is 0 Å². The number of halogens is 2. The largest absolute Gasteiger partial charge is 0.477 e. The third kappa shape index (κ3) is 3.26. The second kappa shape index (κ2) is 3.57. The van der Waals surface area contributed by atoms with Gasteiger partial charge in [0, 0.05) is 6.54 Å². The summed E-state index contributed by atoms with van der Waals surface area (Å²) in [6.07, 6.45) is 2.14. The fraction of sp³-hybridized carbons (Fsp3) is 0.875. The van der Waals surface area contributed by atoms with E-state index < -0.39 is 18.4 Å². The van der Waals surface area contributed by atoms with Gasteiger partial charge >= 0.3 is 11.9 Å². The molecule has 1 saturated carbocycles. The smallest absolute Gasteiger partial charge is 0.375 e. The third-order valence-electron chi connectivity index (χ3n) is 2.05. The summed E-state index contributed by atoms with van der Waals surface area (Å²) < 4.78 is 25.3. The second-order valence-electron chi connectivity index (χ2n) is 3.65. The van der Waals surface area contributed by atoms with Crippen molar-refractivity contribution in [2.75, 3.05) is 20.1 Å². The molecule has 0 radical (unpaired) electrons. The van der Waals surface area contributed by atoms with Gasteiger partial charge in [-0.15, -0.1) is 0 Å². The number of hydrogen-bond acceptors (Lipinski definition) is 2. The van der Waals surface area contributed by atoms with Gasteiger partial charge in [-0.1, -0.05) is 0 Å². The van der Waals surface area contributed by atoms with Crippen LogP contribution in [0.25, 0.3) is 0 Å². The molecule has 0 heterocycles. The molecule has 0 saturated heterocycles. The summed E-state index contributed by atoms with van der Waals surface area (Å²) in [5, 5.41) is 8.16. The van der Waals surface area contributed by atoms with Crippen molar-refractivity contribution in [3.63, 3.8) is 0 Å². The lowest BCUT2D eigenvalue weighted by Gasteiger charge is -2.20. The molecule has 0 amide bonds. The summed E-state index contributed by atoms with van der Waals surface area (Å²) in [4.78, 5) is 11.5. The van der Waals surface area contributed by atoms with Gasteiger partial charge in [-0.05, 0) is 25.8 Å². The number of carbonyl (C=O) groups is 1. The lowest BCUT2D eigenvalue weighted by Crippen LogP contribution is -2.41. The highest BCUT2D eigenvalue weighted by Gasteiger charge is 2.40. The van der Waals surface area contributed by atoms with Gasteiger partial charge in [0.25, 0.3) is 0 Å². The highest BCUT2D eigenvalue weighted by atomic mass is 19.3. The fourth-order valence-corrected chi connectivity index (χ4v) is 1.21. The van der Waals surface area contributed by atoms with Gasteiger partial charge in [0.1, 0.15) is 0 Å². The number of nitrogens with zero attached hydrogens (tertiary/aromatic N) is 1. The van der Waals surface area contributed by atoms with Crippen LogP contribution in [0, 0.1) is 5.92 Å². The van der Waals surface area contributed by atoms with Crippen LogP contribution in [0.3, 0.4) is 0 Å². The average molecular weight is 193 g/mol. The number of carboxylic acids is 1. The van der Waals surface area contributed by atoms with Crippen molar-refractivity contribution in [1.82, 2.24) is 4.90 Å². The van der Waals surface area contributed by atoms with Gasteiger partial charge in [-0.25, -0.2) is 4.79 Å². The van der Waals surface area contributed by atoms with E-state index in [1.54, 1.807) is 0 Å². The fourth-order valence-electron chi connectivity index (χ4n) is 1.21. The Morgan fingerprint density at radius 1 is 1.62 bits per heavy atom. The summed E-state index contributed by atoms with van der Waals surface area (Å²) in [5.74, 6) is -5.17. The first-order valence-corrected chi connectivity index (χ1v) is 4.21. The summed E-state index contributed by atoms with van der Waals surface area (Å²) in [6, 6.07) is 0. The Morgan fingerprint density at radius 2 is 2.15 bits per heavy atom. The number of carboxylic acid groups (broad SMARTS) is 1. The first-order valence-electron chi connectivity index (χ1n) is 4.21. The predicted molar refractivity (Wildman–Crippen MR) is 42.8 cm³/mol. The number of aliphatic carboxylic acids is 1. The number of alkyl halides is 2. The molecule has 76 valence electrons. The van der Waals surface area contributed by atoms with Gasteiger partial charge in [0.15, 0.2) is 0 Å². The lowest BCUT2D eigenvalue weighted by molar-refractivity contribution is -0.167. The van der Waals surface area contributed by atoms with E-state index in [0.717, 1.165) is 12.8 Å². The molecule has 3 nitrogen and oxygen atoms in total. The minimum atomic E-state index is -3.62. The summed E-state index contributed by atoms with van der Waals surface area (Å²) in [6.45, 7) is -0.123. The van der Waals surface area contributed by atoms with Crippen LogP contribution in [0.4, 0.5) is 8.78 Å². The summed E-state index contributed by atoms with van der Waals surface area (Å²) >= 11 is 0. The monoisotopic (exact) mass is 193 g/mol. The molecule has 0 atom stereocenters. The van der Waals surface area contributed by atoms with Gasteiger partial charge in [-0.3, -0.25) is 4.90 Å². The van der Waals surface area contributed by atoms with E-state index in [0.29, 0.717) is 12.5 Å². The van der Waals surface area contributed by atoms with Crippen molar-refractivity contribution >= 4 is 5.97 Å². The zero-order chi connectivity index (χ0) is 10.1. The Morgan fingerprint density at radius 3 is 2.54 bits per heavy atom. The van der Waals surface area contributed by atoms with Crippen LogP contribution in [0.1, 0.15) is 12.8 Å². The molecule has 1 aliphatic rings. The molecular formula is C8H13F2NO2. The van der Waals surface area contributed by atoms with Crippen molar-refractivity contribution < 1.29 is 18.7 Å². The van der Waals surface area contributed by atoms with Crippen molar-refractivity contribution in [2.45, 2.75) is 18.8 Å². The Hall–Kier alpha value is -0.710. The number of rotatable bonds is 5. The highest BCUT2D eigenvalue weighted by molar-refractivity contribution is 5.75. The van der Waals surface area contributed by atoms with Crippen LogP contribution < -0.4 is 0 Å². The quantitative estimate of drug-likeness (QED) is 0.709. The molecule has 0 spiro atoms. The molecule has 5 heteroatoms. The van der Waals surface area contributed by atoms with Crippen molar-refractivity contribution in [3.8, 4) is 0 Å². The lowest BCUT2D eigenvalue weighted by atomic mass is 10.3. The molecule has 0 aliphatic heterocycles. The molecule has 0 unspecified atom stereocenters. The van der Waals surface area contributed by atoms with E-state index in [4.69, 9.17) is 5.11 Å². The molecule has 13 heavy (non-hydrogen) atoms. The minimum absolute atomic E-state index is 0.495. The Balaban J connectivity index is 2.32. The molecule has 1 aliphatic carbocycles. The molecule has 1 fully saturated rings. The first kappa shape index (κ1) is 10.4. The summed E-state index contributed by atoms with van der Waals surface area (Å²) in [7, 11) is 1.52. The van der Waals surface area contributed by atoms with E-state index in [9.17, 15) is 13.6 Å². The van der Waals surface area contributed by atoms with Crippen molar-refractivity contribution in [1.29, 1.82) is 0 Å².